The van der Waals surface area contributed by atoms with Gasteiger partial charge >= 0.3 is 0 Å². The summed E-state index contributed by atoms with van der Waals surface area (Å²) in [7, 11) is 0. The summed E-state index contributed by atoms with van der Waals surface area (Å²) in [5.41, 5.74) is 1.81. The van der Waals surface area contributed by atoms with E-state index in [1.807, 2.05) is 55.5 Å². The number of ketones is 2. The maximum absolute atomic E-state index is 13.0. The van der Waals surface area contributed by atoms with E-state index >= 15 is 0 Å². The van der Waals surface area contributed by atoms with Crippen molar-refractivity contribution in [1.82, 2.24) is 0 Å². The van der Waals surface area contributed by atoms with Crippen molar-refractivity contribution >= 4 is 11.6 Å². The third-order valence-corrected chi connectivity index (χ3v) is 4.92. The number of ether oxygens (including phenoxy) is 1. The first-order valence-electron chi connectivity index (χ1n) is 8.58. The molecule has 1 fully saturated rings. The van der Waals surface area contributed by atoms with Crippen molar-refractivity contribution in [2.24, 2.45) is 0 Å². The molecule has 0 aromatic heterocycles. The summed E-state index contributed by atoms with van der Waals surface area (Å²) in [5.74, 6) is -1.14. The van der Waals surface area contributed by atoms with Crippen LogP contribution in [-0.2, 0) is 14.3 Å². The van der Waals surface area contributed by atoms with Gasteiger partial charge in [-0.15, -0.1) is 0 Å². The van der Waals surface area contributed by atoms with E-state index in [1.165, 1.54) is 0 Å². The Kier molecular flexibility index (Phi) is 4.16. The first-order valence-corrected chi connectivity index (χ1v) is 8.58. The van der Waals surface area contributed by atoms with Gasteiger partial charge in [0.15, 0.2) is 11.6 Å². The summed E-state index contributed by atoms with van der Waals surface area (Å²) in [4.78, 5) is 26.0. The fourth-order valence-corrected chi connectivity index (χ4v) is 3.60. The summed E-state index contributed by atoms with van der Waals surface area (Å²) in [6, 6.07) is 16.0. The average molecular weight is 336 g/mol. The Morgan fingerprint density at radius 3 is 1.92 bits per heavy atom. The second-order valence-electron chi connectivity index (χ2n) is 7.72. The minimum absolute atomic E-state index is 0.176. The molecule has 1 saturated heterocycles. The zero-order valence-electron chi connectivity index (χ0n) is 15.4. The van der Waals surface area contributed by atoms with Gasteiger partial charge in [-0.3, -0.25) is 9.59 Å². The Morgan fingerprint density at radius 2 is 1.36 bits per heavy atom. The van der Waals surface area contributed by atoms with E-state index in [1.54, 1.807) is 27.7 Å². The molecule has 0 amide bonds. The lowest BCUT2D eigenvalue weighted by Gasteiger charge is -2.43. The highest BCUT2D eigenvalue weighted by atomic mass is 16.5. The summed E-state index contributed by atoms with van der Waals surface area (Å²) in [6.45, 7) is 8.92. The molecule has 0 N–H and O–H groups in total. The average Bonchev–Trinajstić information content (AvgIpc) is 2.55. The van der Waals surface area contributed by atoms with Gasteiger partial charge in [-0.05, 0) is 62.9 Å². The number of rotatable bonds is 2. The number of Topliss-reactive ketones (excluding diaryl/α,β-unsaturated/α-hetero) is 2. The molecule has 1 aliphatic heterocycles. The molecular formula is C22H24O3. The molecular weight excluding hydrogens is 312 g/mol. The molecule has 0 saturated carbocycles. The van der Waals surface area contributed by atoms with Gasteiger partial charge in [-0.1, -0.05) is 42.5 Å². The molecule has 2 aromatic carbocycles. The second-order valence-corrected chi connectivity index (χ2v) is 7.72. The predicted molar refractivity (Wildman–Crippen MR) is 98.6 cm³/mol. The van der Waals surface area contributed by atoms with Gasteiger partial charge in [0.2, 0.25) is 0 Å². The molecule has 1 aliphatic rings. The lowest BCUT2D eigenvalue weighted by atomic mass is 9.73. The van der Waals surface area contributed by atoms with Crippen molar-refractivity contribution in [3.8, 4) is 11.1 Å². The lowest BCUT2D eigenvalue weighted by Crippen LogP contribution is -2.58. The fourth-order valence-electron chi connectivity index (χ4n) is 3.60. The molecule has 3 nitrogen and oxygen atoms in total. The zero-order valence-corrected chi connectivity index (χ0v) is 15.4. The molecule has 25 heavy (non-hydrogen) atoms. The minimum Gasteiger partial charge on any atom is -0.354 e. The Hall–Kier alpha value is -2.26. The third kappa shape index (κ3) is 3.05. The first kappa shape index (κ1) is 17.6. The van der Waals surface area contributed by atoms with Crippen molar-refractivity contribution in [1.29, 1.82) is 0 Å². The van der Waals surface area contributed by atoms with Gasteiger partial charge < -0.3 is 4.74 Å². The number of hydrogen-bond acceptors (Lipinski definition) is 3. The standard InChI is InChI=1S/C22H24O3/c1-14-11-12-16(15-9-7-6-8-10-15)13-17(14)18-19(23)21(2,3)25-22(4,5)20(18)24/h6-13,18H,1-5H3. The van der Waals surface area contributed by atoms with Crippen LogP contribution in [0, 0.1) is 6.92 Å². The SMILES string of the molecule is Cc1ccc(-c2ccccc2)cc1C1C(=O)C(C)(C)OC(C)(C)C1=O. The zero-order chi connectivity index (χ0) is 18.4. The Balaban J connectivity index is 2.14. The highest BCUT2D eigenvalue weighted by Crippen LogP contribution is 2.40. The molecule has 3 rings (SSSR count). The molecule has 0 radical (unpaired) electrons. The Morgan fingerprint density at radius 1 is 0.800 bits per heavy atom. The van der Waals surface area contributed by atoms with Crippen LogP contribution in [0.3, 0.4) is 0 Å². The van der Waals surface area contributed by atoms with Gasteiger partial charge in [0.05, 0.1) is 0 Å². The highest BCUT2D eigenvalue weighted by molar-refractivity contribution is 6.15. The monoisotopic (exact) mass is 336 g/mol. The van der Waals surface area contributed by atoms with Gasteiger partial charge in [0.1, 0.15) is 17.1 Å². The van der Waals surface area contributed by atoms with Crippen LogP contribution in [0.5, 0.6) is 0 Å². The van der Waals surface area contributed by atoms with Gasteiger partial charge in [0, 0.05) is 0 Å². The quantitative estimate of drug-likeness (QED) is 0.760. The van der Waals surface area contributed by atoms with E-state index < -0.39 is 17.1 Å². The molecule has 0 unspecified atom stereocenters. The van der Waals surface area contributed by atoms with Crippen molar-refractivity contribution in [2.45, 2.75) is 51.7 Å². The van der Waals surface area contributed by atoms with Crippen LogP contribution in [0.15, 0.2) is 48.5 Å². The smallest absolute Gasteiger partial charge is 0.179 e. The number of carbonyl (C=O) groups is 2. The lowest BCUT2D eigenvalue weighted by molar-refractivity contribution is -0.184. The van der Waals surface area contributed by atoms with E-state index in [-0.39, 0.29) is 11.6 Å². The van der Waals surface area contributed by atoms with Crippen LogP contribution in [-0.4, -0.2) is 22.8 Å². The van der Waals surface area contributed by atoms with Gasteiger partial charge in [-0.2, -0.15) is 0 Å². The number of benzene rings is 2. The number of aryl methyl sites for hydroxylation is 1. The highest BCUT2D eigenvalue weighted by Gasteiger charge is 2.53. The maximum atomic E-state index is 13.0. The predicted octanol–water partition coefficient (Wildman–Crippen LogP) is 4.47. The first-order chi connectivity index (χ1) is 11.6. The Labute approximate surface area is 149 Å². The summed E-state index contributed by atoms with van der Waals surface area (Å²) >= 11 is 0. The largest absolute Gasteiger partial charge is 0.354 e. The van der Waals surface area contributed by atoms with Crippen LogP contribution in [0.1, 0.15) is 44.7 Å². The third-order valence-electron chi connectivity index (χ3n) is 4.92. The normalized spacial score (nSPS) is 19.9. The molecule has 0 bridgehead atoms. The molecule has 0 aliphatic carbocycles. The van der Waals surface area contributed by atoms with Crippen LogP contribution in [0.4, 0.5) is 0 Å². The van der Waals surface area contributed by atoms with E-state index in [9.17, 15) is 9.59 Å². The van der Waals surface area contributed by atoms with E-state index in [2.05, 4.69) is 0 Å². The molecule has 0 spiro atoms. The molecule has 0 atom stereocenters. The topological polar surface area (TPSA) is 43.4 Å². The molecule has 2 aromatic rings. The van der Waals surface area contributed by atoms with Gasteiger partial charge in [-0.25, -0.2) is 0 Å². The van der Waals surface area contributed by atoms with E-state index in [0.717, 1.165) is 22.3 Å². The minimum atomic E-state index is -0.989. The molecule has 130 valence electrons. The Bertz CT molecular complexity index is 806. The number of hydrogen-bond donors (Lipinski definition) is 0. The molecule has 1 heterocycles. The van der Waals surface area contributed by atoms with E-state index in [4.69, 9.17) is 4.74 Å². The second kappa shape index (κ2) is 5.92. The van der Waals surface area contributed by atoms with Crippen LogP contribution in [0.2, 0.25) is 0 Å². The maximum Gasteiger partial charge on any atom is 0.179 e. The summed E-state index contributed by atoms with van der Waals surface area (Å²) in [5, 5.41) is 0. The van der Waals surface area contributed by atoms with Gasteiger partial charge in [0.25, 0.3) is 0 Å². The fraction of sp³-hybridized carbons (Fsp3) is 0.364. The van der Waals surface area contributed by atoms with E-state index in [0.29, 0.717) is 0 Å². The van der Waals surface area contributed by atoms with Crippen molar-refractivity contribution in [3.05, 3.63) is 59.7 Å². The molecule has 3 heteroatoms. The number of carbonyl (C=O) groups excluding carboxylic acids is 2. The summed E-state index contributed by atoms with van der Waals surface area (Å²) < 4.78 is 5.79. The van der Waals surface area contributed by atoms with Crippen molar-refractivity contribution < 1.29 is 14.3 Å². The van der Waals surface area contributed by atoms with Crippen molar-refractivity contribution in [2.75, 3.05) is 0 Å². The van der Waals surface area contributed by atoms with Crippen LogP contribution < -0.4 is 0 Å². The van der Waals surface area contributed by atoms with Crippen molar-refractivity contribution in [3.63, 3.8) is 0 Å². The summed E-state index contributed by atoms with van der Waals surface area (Å²) in [6.07, 6.45) is 0. The van der Waals surface area contributed by atoms with Crippen LogP contribution in [0.25, 0.3) is 11.1 Å². The van der Waals surface area contributed by atoms with Crippen LogP contribution >= 0.6 is 0 Å².